The Bertz CT molecular complexity index is 1000. The number of fused-ring (bicyclic) bond motifs is 1. The van der Waals surface area contributed by atoms with Gasteiger partial charge < -0.3 is 10.1 Å². The molecule has 0 spiro atoms. The molecule has 6 nitrogen and oxygen atoms in total. The van der Waals surface area contributed by atoms with E-state index < -0.39 is 23.8 Å². The maximum Gasteiger partial charge on any atom is 0.262 e. The van der Waals surface area contributed by atoms with Crippen molar-refractivity contribution in [3.05, 3.63) is 63.1 Å². The van der Waals surface area contributed by atoms with Crippen molar-refractivity contribution < 1.29 is 19.1 Å². The average molecular weight is 445 g/mol. The third-order valence-electron chi connectivity index (χ3n) is 4.68. The number of rotatable bonds is 7. The Balaban J connectivity index is 1.58. The van der Waals surface area contributed by atoms with E-state index in [-0.39, 0.29) is 27.8 Å². The van der Waals surface area contributed by atoms with Crippen molar-refractivity contribution >= 4 is 40.9 Å². The Hall–Kier alpha value is -3.01. The molecule has 0 aliphatic carbocycles. The summed E-state index contributed by atoms with van der Waals surface area (Å²) in [6.07, 6.45) is 5.72. The first kappa shape index (κ1) is 21.7. The fourth-order valence-corrected chi connectivity index (χ4v) is 3.40. The molecule has 1 aliphatic heterocycles. The van der Waals surface area contributed by atoms with Gasteiger partial charge in [0.2, 0.25) is 5.91 Å². The number of amides is 3. The second-order valence-corrected chi connectivity index (χ2v) is 7.46. The molecule has 0 fully saturated rings. The van der Waals surface area contributed by atoms with E-state index in [0.29, 0.717) is 18.7 Å². The van der Waals surface area contributed by atoms with E-state index in [4.69, 9.17) is 34.4 Å². The van der Waals surface area contributed by atoms with E-state index in [1.165, 1.54) is 19.1 Å². The highest BCUT2D eigenvalue weighted by Crippen LogP contribution is 2.32. The van der Waals surface area contributed by atoms with Crippen LogP contribution in [0.25, 0.3) is 0 Å². The van der Waals surface area contributed by atoms with Crippen LogP contribution in [0.5, 0.6) is 5.75 Å². The number of halogens is 2. The summed E-state index contributed by atoms with van der Waals surface area (Å²) in [6.45, 7) is 2.04. The monoisotopic (exact) mass is 444 g/mol. The molecule has 3 rings (SSSR count). The number of carbonyl (C=O) groups excluding carboxylic acids is 3. The summed E-state index contributed by atoms with van der Waals surface area (Å²) < 4.78 is 5.31. The Morgan fingerprint density at radius 2 is 1.70 bits per heavy atom. The van der Waals surface area contributed by atoms with Crippen LogP contribution in [0.4, 0.5) is 0 Å². The van der Waals surface area contributed by atoms with Crippen LogP contribution in [-0.2, 0) is 11.2 Å². The first-order valence-corrected chi connectivity index (χ1v) is 9.89. The number of benzene rings is 2. The zero-order valence-electron chi connectivity index (χ0n) is 16.1. The van der Waals surface area contributed by atoms with Crippen LogP contribution < -0.4 is 10.1 Å². The number of terminal acetylenes is 1. The van der Waals surface area contributed by atoms with Gasteiger partial charge in [0.1, 0.15) is 18.4 Å². The third-order valence-corrected chi connectivity index (χ3v) is 5.41. The largest absolute Gasteiger partial charge is 0.481 e. The number of nitrogens with one attached hydrogen (secondary N) is 1. The Morgan fingerprint density at radius 3 is 2.23 bits per heavy atom. The molecule has 1 atom stereocenters. The summed E-state index contributed by atoms with van der Waals surface area (Å²) in [5.74, 6) is 1.49. The molecule has 0 aromatic heterocycles. The first-order chi connectivity index (χ1) is 14.3. The maximum atomic E-state index is 12.6. The molecule has 1 N–H and O–H groups in total. The topological polar surface area (TPSA) is 75.7 Å². The van der Waals surface area contributed by atoms with Gasteiger partial charge in [0, 0.05) is 6.54 Å². The van der Waals surface area contributed by atoms with Crippen molar-refractivity contribution in [2.45, 2.75) is 19.4 Å². The third kappa shape index (κ3) is 4.43. The minimum absolute atomic E-state index is 0.140. The number of imide groups is 1. The van der Waals surface area contributed by atoms with Gasteiger partial charge >= 0.3 is 0 Å². The molecular formula is C22H18Cl2N2O4. The molecule has 1 unspecified atom stereocenters. The van der Waals surface area contributed by atoms with Crippen LogP contribution >= 0.6 is 23.2 Å². The molecule has 8 heteroatoms. The highest BCUT2D eigenvalue weighted by atomic mass is 35.5. The van der Waals surface area contributed by atoms with E-state index in [1.807, 2.05) is 12.1 Å². The quantitative estimate of drug-likeness (QED) is 0.524. The van der Waals surface area contributed by atoms with Gasteiger partial charge in [0.15, 0.2) is 0 Å². The van der Waals surface area contributed by atoms with E-state index in [1.54, 1.807) is 12.1 Å². The van der Waals surface area contributed by atoms with E-state index >= 15 is 0 Å². The summed E-state index contributed by atoms with van der Waals surface area (Å²) in [5.41, 5.74) is 1.27. The van der Waals surface area contributed by atoms with Gasteiger partial charge in [-0.3, -0.25) is 19.3 Å². The van der Waals surface area contributed by atoms with Crippen LogP contribution in [0.2, 0.25) is 10.0 Å². The summed E-state index contributed by atoms with van der Waals surface area (Å²) in [4.78, 5) is 38.7. The minimum atomic E-state index is -0.977. The number of ether oxygens (including phenoxy) is 1. The number of carbonyl (C=O) groups is 3. The SMILES string of the molecule is C#CCOc1ccc(CCNC(=O)C(C)N2C(=O)c3cc(Cl)c(Cl)cc3C2=O)cc1. The van der Waals surface area contributed by atoms with Crippen molar-refractivity contribution in [1.82, 2.24) is 10.2 Å². The van der Waals surface area contributed by atoms with Crippen LogP contribution in [0.15, 0.2) is 36.4 Å². The Kier molecular flexibility index (Phi) is 6.66. The average Bonchev–Trinajstić information content (AvgIpc) is 2.96. The summed E-state index contributed by atoms with van der Waals surface area (Å²) in [6, 6.07) is 9.06. The van der Waals surface area contributed by atoms with Gasteiger partial charge in [-0.25, -0.2) is 0 Å². The molecule has 3 amide bonds. The summed E-state index contributed by atoms with van der Waals surface area (Å²) in [5, 5.41) is 3.10. The summed E-state index contributed by atoms with van der Waals surface area (Å²) in [7, 11) is 0. The zero-order valence-corrected chi connectivity index (χ0v) is 17.6. The maximum absolute atomic E-state index is 12.6. The van der Waals surface area contributed by atoms with Gasteiger partial charge in [0.05, 0.1) is 21.2 Å². The lowest BCUT2D eigenvalue weighted by molar-refractivity contribution is -0.124. The van der Waals surface area contributed by atoms with E-state index in [2.05, 4.69) is 11.2 Å². The molecule has 1 heterocycles. The fraction of sp³-hybridized carbons (Fsp3) is 0.227. The predicted octanol–water partition coefficient (Wildman–Crippen LogP) is 3.35. The minimum Gasteiger partial charge on any atom is -0.481 e. The van der Waals surface area contributed by atoms with Crippen molar-refractivity contribution in [1.29, 1.82) is 0 Å². The van der Waals surface area contributed by atoms with Crippen LogP contribution in [0.1, 0.15) is 33.2 Å². The molecule has 0 radical (unpaired) electrons. The molecule has 30 heavy (non-hydrogen) atoms. The highest BCUT2D eigenvalue weighted by molar-refractivity contribution is 6.43. The van der Waals surface area contributed by atoms with Gasteiger partial charge in [-0.05, 0) is 43.2 Å². The molecule has 0 saturated heterocycles. The zero-order chi connectivity index (χ0) is 21.8. The van der Waals surface area contributed by atoms with Crippen LogP contribution in [0.3, 0.4) is 0 Å². The van der Waals surface area contributed by atoms with Crippen molar-refractivity contribution in [2.75, 3.05) is 13.2 Å². The lowest BCUT2D eigenvalue weighted by Crippen LogP contribution is -2.48. The molecule has 154 valence electrons. The van der Waals surface area contributed by atoms with Crippen LogP contribution in [0, 0.1) is 12.3 Å². The molecule has 0 bridgehead atoms. The second kappa shape index (κ2) is 9.21. The Morgan fingerprint density at radius 1 is 1.13 bits per heavy atom. The molecule has 2 aromatic carbocycles. The van der Waals surface area contributed by atoms with Gasteiger partial charge in [-0.15, -0.1) is 6.42 Å². The summed E-state index contributed by atoms with van der Waals surface area (Å²) >= 11 is 11.9. The standard InChI is InChI=1S/C22H18Cl2N2O4/c1-3-10-30-15-6-4-14(5-7-15)8-9-25-20(27)13(2)26-21(28)16-11-18(23)19(24)12-17(16)22(26)29/h1,4-7,11-13H,8-10H2,2H3,(H,25,27). The number of hydrogen-bond donors (Lipinski definition) is 1. The number of nitrogens with zero attached hydrogens (tertiary/aromatic N) is 1. The van der Waals surface area contributed by atoms with E-state index in [9.17, 15) is 14.4 Å². The lowest BCUT2D eigenvalue weighted by atomic mass is 10.1. The normalized spacial score (nSPS) is 13.6. The van der Waals surface area contributed by atoms with Gasteiger partial charge in [0.25, 0.3) is 11.8 Å². The molecular weight excluding hydrogens is 427 g/mol. The highest BCUT2D eigenvalue weighted by Gasteiger charge is 2.41. The van der Waals surface area contributed by atoms with Crippen molar-refractivity contribution in [2.24, 2.45) is 0 Å². The smallest absolute Gasteiger partial charge is 0.262 e. The second-order valence-electron chi connectivity index (χ2n) is 6.65. The lowest BCUT2D eigenvalue weighted by Gasteiger charge is -2.21. The predicted molar refractivity (Wildman–Crippen MR) is 114 cm³/mol. The van der Waals surface area contributed by atoms with Gasteiger partial charge in [-0.2, -0.15) is 0 Å². The van der Waals surface area contributed by atoms with Crippen molar-refractivity contribution in [3.63, 3.8) is 0 Å². The molecule has 0 saturated carbocycles. The van der Waals surface area contributed by atoms with E-state index in [0.717, 1.165) is 10.5 Å². The Labute approximate surface area is 184 Å². The fourth-order valence-electron chi connectivity index (χ4n) is 3.08. The molecule has 1 aliphatic rings. The first-order valence-electron chi connectivity index (χ1n) is 9.13. The number of hydrogen-bond acceptors (Lipinski definition) is 4. The van der Waals surface area contributed by atoms with Gasteiger partial charge in [-0.1, -0.05) is 41.3 Å². The van der Waals surface area contributed by atoms with Crippen molar-refractivity contribution in [3.8, 4) is 18.1 Å². The molecule has 2 aromatic rings. The van der Waals surface area contributed by atoms with Crippen LogP contribution in [-0.4, -0.2) is 41.8 Å².